The third-order valence-corrected chi connectivity index (χ3v) is 5.59. The monoisotopic (exact) mass is 415 g/mol. The fourth-order valence-corrected chi connectivity index (χ4v) is 3.62. The van der Waals surface area contributed by atoms with Gasteiger partial charge in [0.1, 0.15) is 0 Å². The van der Waals surface area contributed by atoms with Crippen LogP contribution in [0.15, 0.2) is 48.7 Å². The Morgan fingerprint density at radius 3 is 2.39 bits per heavy atom. The zero-order valence-electron chi connectivity index (χ0n) is 18.9. The van der Waals surface area contributed by atoms with Crippen LogP contribution in [0.5, 0.6) is 0 Å². The van der Waals surface area contributed by atoms with E-state index in [-0.39, 0.29) is 11.7 Å². The second kappa shape index (κ2) is 9.65. The summed E-state index contributed by atoms with van der Waals surface area (Å²) in [6, 6.07) is 13.6. The van der Waals surface area contributed by atoms with E-state index >= 15 is 0 Å². The summed E-state index contributed by atoms with van der Waals surface area (Å²) in [5, 5.41) is 0. The van der Waals surface area contributed by atoms with Crippen molar-refractivity contribution in [3.05, 3.63) is 76.7 Å². The molecule has 0 N–H and O–H groups in total. The molecule has 1 aromatic carbocycles. The number of rotatable bonds is 7. The molecule has 0 spiro atoms. The van der Waals surface area contributed by atoms with Gasteiger partial charge in [-0.05, 0) is 68.7 Å². The normalized spacial score (nSPS) is 10.7. The molecule has 5 nitrogen and oxygen atoms in total. The summed E-state index contributed by atoms with van der Waals surface area (Å²) < 4.78 is 0. The number of nitrogens with zero attached hydrogens (tertiary/aromatic N) is 3. The zero-order chi connectivity index (χ0) is 22.5. The average Bonchev–Trinajstić information content (AvgIpc) is 2.77. The summed E-state index contributed by atoms with van der Waals surface area (Å²) in [6.07, 6.45) is 3.22. The summed E-state index contributed by atoms with van der Waals surface area (Å²) in [7, 11) is 1.78. The Bertz CT molecular complexity index is 1100. The van der Waals surface area contributed by atoms with E-state index in [0.717, 1.165) is 39.5 Å². The number of carbonyl (C=O) groups is 2. The van der Waals surface area contributed by atoms with Gasteiger partial charge in [-0.1, -0.05) is 19.1 Å². The van der Waals surface area contributed by atoms with Crippen LogP contribution in [0.25, 0.3) is 11.3 Å². The van der Waals surface area contributed by atoms with Gasteiger partial charge in [-0.2, -0.15) is 0 Å². The number of Topliss-reactive ketones (excluding diaryl/α,β-unsaturated/α-hetero) is 1. The van der Waals surface area contributed by atoms with Gasteiger partial charge in [-0.25, -0.2) is 0 Å². The minimum absolute atomic E-state index is 0.0738. The molecule has 2 aromatic heterocycles. The topological polar surface area (TPSA) is 63.2 Å². The Morgan fingerprint density at radius 1 is 1.00 bits per heavy atom. The maximum atomic E-state index is 12.6. The number of anilines is 1. The molecule has 0 aliphatic heterocycles. The van der Waals surface area contributed by atoms with E-state index in [9.17, 15) is 9.59 Å². The standard InChI is InChI=1S/C26H29N3O2/c1-6-26(31)29(5)22-11-12-23(17(2)15-22)24-13-9-21(16-27-24)25(30)14-10-20-8-7-18(3)28-19(20)4/h7-9,11-13,15-16H,6,10,14H2,1-5H3. The van der Waals surface area contributed by atoms with Crippen molar-refractivity contribution >= 4 is 17.4 Å². The Kier molecular flexibility index (Phi) is 6.95. The van der Waals surface area contributed by atoms with Crippen LogP contribution in [0.3, 0.4) is 0 Å². The Balaban J connectivity index is 1.70. The van der Waals surface area contributed by atoms with Crippen molar-refractivity contribution in [3.63, 3.8) is 0 Å². The van der Waals surface area contributed by atoms with Gasteiger partial charge in [0.2, 0.25) is 5.91 Å². The van der Waals surface area contributed by atoms with Crippen molar-refractivity contribution in [1.29, 1.82) is 0 Å². The van der Waals surface area contributed by atoms with Gasteiger partial charge in [0, 0.05) is 54.3 Å². The second-order valence-electron chi connectivity index (χ2n) is 7.86. The summed E-state index contributed by atoms with van der Waals surface area (Å²) >= 11 is 0. The van der Waals surface area contributed by atoms with Crippen LogP contribution in [0, 0.1) is 20.8 Å². The van der Waals surface area contributed by atoms with Gasteiger partial charge in [-0.15, -0.1) is 0 Å². The highest BCUT2D eigenvalue weighted by molar-refractivity contribution is 5.96. The lowest BCUT2D eigenvalue weighted by Gasteiger charge is -2.18. The van der Waals surface area contributed by atoms with Gasteiger partial charge in [-0.3, -0.25) is 19.6 Å². The first-order valence-corrected chi connectivity index (χ1v) is 10.6. The van der Waals surface area contributed by atoms with Crippen molar-refractivity contribution in [2.45, 2.75) is 47.0 Å². The Labute approximate surface area is 184 Å². The minimum Gasteiger partial charge on any atom is -0.316 e. The molecule has 3 rings (SSSR count). The maximum absolute atomic E-state index is 12.6. The van der Waals surface area contributed by atoms with Crippen molar-refractivity contribution in [2.24, 2.45) is 0 Å². The molecule has 0 unspecified atom stereocenters. The van der Waals surface area contributed by atoms with Crippen LogP contribution >= 0.6 is 0 Å². The number of aromatic nitrogens is 2. The zero-order valence-corrected chi connectivity index (χ0v) is 18.9. The van der Waals surface area contributed by atoms with E-state index < -0.39 is 0 Å². The predicted molar refractivity (Wildman–Crippen MR) is 124 cm³/mol. The molecule has 1 amide bonds. The van der Waals surface area contributed by atoms with Crippen LogP contribution in [0.1, 0.15) is 52.6 Å². The molecule has 0 radical (unpaired) electrons. The second-order valence-corrected chi connectivity index (χ2v) is 7.86. The first kappa shape index (κ1) is 22.3. The van der Waals surface area contributed by atoms with Gasteiger partial charge >= 0.3 is 0 Å². The summed E-state index contributed by atoms with van der Waals surface area (Å²) in [5.74, 6) is 0.149. The summed E-state index contributed by atoms with van der Waals surface area (Å²) in [5.41, 5.74) is 7.37. The van der Waals surface area contributed by atoms with E-state index in [1.165, 1.54) is 0 Å². The fourth-order valence-electron chi connectivity index (χ4n) is 3.62. The molecule has 0 bridgehead atoms. The average molecular weight is 416 g/mol. The Morgan fingerprint density at radius 2 is 1.77 bits per heavy atom. The number of pyridine rings is 2. The molecule has 0 atom stereocenters. The van der Waals surface area contributed by atoms with Gasteiger partial charge in [0.25, 0.3) is 0 Å². The van der Waals surface area contributed by atoms with Gasteiger partial charge < -0.3 is 4.90 Å². The number of amides is 1. The van der Waals surface area contributed by atoms with E-state index in [4.69, 9.17) is 0 Å². The highest BCUT2D eigenvalue weighted by atomic mass is 16.2. The minimum atomic E-state index is 0.0738. The molecular weight excluding hydrogens is 386 g/mol. The van der Waals surface area contributed by atoms with Crippen LogP contribution in [-0.4, -0.2) is 28.7 Å². The number of hydrogen-bond donors (Lipinski definition) is 0. The van der Waals surface area contributed by atoms with Gasteiger partial charge in [0.05, 0.1) is 5.69 Å². The number of hydrogen-bond acceptors (Lipinski definition) is 4. The SMILES string of the molecule is CCC(=O)N(C)c1ccc(-c2ccc(C(=O)CCc3ccc(C)nc3C)cn2)c(C)c1. The van der Waals surface area contributed by atoms with Crippen LogP contribution in [-0.2, 0) is 11.2 Å². The molecule has 160 valence electrons. The molecule has 0 saturated carbocycles. The highest BCUT2D eigenvalue weighted by Crippen LogP contribution is 2.26. The molecule has 0 aliphatic carbocycles. The lowest BCUT2D eigenvalue weighted by atomic mass is 10.0. The summed E-state index contributed by atoms with van der Waals surface area (Å²) in [6.45, 7) is 7.80. The third-order valence-electron chi connectivity index (χ3n) is 5.59. The molecule has 3 aromatic rings. The van der Waals surface area contributed by atoms with Crippen molar-refractivity contribution in [3.8, 4) is 11.3 Å². The molecular formula is C26H29N3O2. The van der Waals surface area contributed by atoms with E-state index in [1.54, 1.807) is 18.1 Å². The fraction of sp³-hybridized carbons (Fsp3) is 0.308. The van der Waals surface area contributed by atoms with Crippen LogP contribution in [0.2, 0.25) is 0 Å². The lowest BCUT2D eigenvalue weighted by molar-refractivity contribution is -0.118. The summed E-state index contributed by atoms with van der Waals surface area (Å²) in [4.78, 5) is 35.2. The quantitative estimate of drug-likeness (QED) is 0.494. The number of carbonyl (C=O) groups excluding carboxylic acids is 2. The predicted octanol–water partition coefficient (Wildman–Crippen LogP) is 5.26. The molecule has 0 fully saturated rings. The largest absolute Gasteiger partial charge is 0.316 e. The molecule has 31 heavy (non-hydrogen) atoms. The molecule has 0 aliphatic rings. The number of ketones is 1. The first-order valence-electron chi connectivity index (χ1n) is 10.6. The molecule has 0 saturated heterocycles. The molecule has 5 heteroatoms. The van der Waals surface area contributed by atoms with Crippen molar-refractivity contribution < 1.29 is 9.59 Å². The van der Waals surface area contributed by atoms with E-state index in [2.05, 4.69) is 9.97 Å². The van der Waals surface area contributed by atoms with Gasteiger partial charge in [0.15, 0.2) is 5.78 Å². The Hall–Kier alpha value is -3.34. The highest BCUT2D eigenvalue weighted by Gasteiger charge is 2.13. The first-order chi connectivity index (χ1) is 14.8. The van der Waals surface area contributed by atoms with E-state index in [0.29, 0.717) is 24.8 Å². The van der Waals surface area contributed by atoms with Crippen molar-refractivity contribution in [2.75, 3.05) is 11.9 Å². The lowest BCUT2D eigenvalue weighted by Crippen LogP contribution is -2.25. The molecule has 2 heterocycles. The van der Waals surface area contributed by atoms with Crippen LogP contribution in [0.4, 0.5) is 5.69 Å². The number of aryl methyl sites for hydroxylation is 4. The van der Waals surface area contributed by atoms with Crippen molar-refractivity contribution in [1.82, 2.24) is 9.97 Å². The third kappa shape index (κ3) is 5.23. The smallest absolute Gasteiger partial charge is 0.226 e. The van der Waals surface area contributed by atoms with Crippen LogP contribution < -0.4 is 4.90 Å². The number of benzene rings is 1. The van der Waals surface area contributed by atoms with E-state index in [1.807, 2.05) is 70.2 Å². The maximum Gasteiger partial charge on any atom is 0.226 e.